The van der Waals surface area contributed by atoms with E-state index in [0.29, 0.717) is 31.3 Å². The van der Waals surface area contributed by atoms with Crippen LogP contribution in [0, 0.1) is 0 Å². The van der Waals surface area contributed by atoms with Gasteiger partial charge in [0.05, 0.1) is 25.9 Å². The highest BCUT2D eigenvalue weighted by molar-refractivity contribution is 5.92. The van der Waals surface area contributed by atoms with E-state index in [1.54, 1.807) is 12.1 Å². The smallest absolute Gasteiger partial charge is 0.339 e. The zero-order valence-corrected chi connectivity index (χ0v) is 13.9. The minimum atomic E-state index is -0.906. The van der Waals surface area contributed by atoms with Crippen molar-refractivity contribution in [2.24, 2.45) is 0 Å². The lowest BCUT2D eigenvalue weighted by atomic mass is 10.2. The monoisotopic (exact) mass is 325 g/mol. The van der Waals surface area contributed by atoms with Gasteiger partial charge in [0.2, 0.25) is 0 Å². The predicted molar refractivity (Wildman–Crippen MR) is 83.9 cm³/mol. The van der Waals surface area contributed by atoms with Crippen LogP contribution in [0.15, 0.2) is 18.2 Å². The Morgan fingerprint density at radius 3 is 2.57 bits per heavy atom. The fourth-order valence-corrected chi connectivity index (χ4v) is 1.77. The second kappa shape index (κ2) is 9.68. The van der Waals surface area contributed by atoms with E-state index in [1.165, 1.54) is 27.2 Å². The number of carbonyl (C=O) groups excluding carboxylic acids is 2. The molecule has 1 rings (SSSR count). The zero-order chi connectivity index (χ0) is 17.2. The van der Waals surface area contributed by atoms with Crippen LogP contribution in [-0.4, -0.2) is 52.0 Å². The predicted octanol–water partition coefficient (Wildman–Crippen LogP) is 1.40. The summed E-state index contributed by atoms with van der Waals surface area (Å²) in [6.45, 7) is 4.52. The quantitative estimate of drug-likeness (QED) is 0.546. The van der Waals surface area contributed by atoms with E-state index >= 15 is 0 Å². The first-order valence-corrected chi connectivity index (χ1v) is 7.31. The average molecular weight is 325 g/mol. The van der Waals surface area contributed by atoms with Crippen molar-refractivity contribution in [2.75, 3.05) is 34.0 Å². The Balaban J connectivity index is 2.70. The summed E-state index contributed by atoms with van der Waals surface area (Å²) >= 11 is 0. The largest absolute Gasteiger partial charge is 0.493 e. The Hall–Kier alpha value is -2.28. The lowest BCUT2D eigenvalue weighted by Crippen LogP contribution is -2.37. The second-order valence-corrected chi connectivity index (χ2v) is 4.63. The first-order valence-electron chi connectivity index (χ1n) is 7.31. The van der Waals surface area contributed by atoms with Gasteiger partial charge in [-0.25, -0.2) is 4.79 Å². The van der Waals surface area contributed by atoms with Gasteiger partial charge in [-0.05, 0) is 32.0 Å². The van der Waals surface area contributed by atoms with Gasteiger partial charge >= 0.3 is 5.97 Å². The molecule has 1 N–H and O–H groups in total. The van der Waals surface area contributed by atoms with Crippen molar-refractivity contribution in [2.45, 2.75) is 20.0 Å². The van der Waals surface area contributed by atoms with Crippen LogP contribution in [0.2, 0.25) is 0 Å². The molecule has 7 heteroatoms. The highest BCUT2D eigenvalue weighted by Crippen LogP contribution is 2.28. The average Bonchev–Trinajstić information content (AvgIpc) is 2.55. The fraction of sp³-hybridized carbons (Fsp3) is 0.500. The van der Waals surface area contributed by atoms with Crippen LogP contribution in [-0.2, 0) is 14.3 Å². The zero-order valence-electron chi connectivity index (χ0n) is 13.9. The van der Waals surface area contributed by atoms with E-state index in [4.69, 9.17) is 18.9 Å². The standard InChI is InChI=1S/C16H23NO6/c1-5-22-14-10-12(6-7-13(14)21-4)16(19)23-11(2)15(18)17-8-9-20-3/h6-7,10-11H,5,8-9H2,1-4H3,(H,17,18)/t11-/m1/s1. The number of rotatable bonds is 9. The molecule has 0 aromatic heterocycles. The lowest BCUT2D eigenvalue weighted by Gasteiger charge is -2.14. The molecular formula is C16H23NO6. The fourth-order valence-electron chi connectivity index (χ4n) is 1.77. The summed E-state index contributed by atoms with van der Waals surface area (Å²) in [7, 11) is 3.05. The van der Waals surface area contributed by atoms with Gasteiger partial charge in [0.25, 0.3) is 5.91 Å². The SMILES string of the molecule is CCOc1cc(C(=O)O[C@H](C)C(=O)NCCOC)ccc1OC. The Labute approximate surface area is 135 Å². The van der Waals surface area contributed by atoms with Gasteiger partial charge < -0.3 is 24.3 Å². The van der Waals surface area contributed by atoms with E-state index < -0.39 is 12.1 Å². The maximum absolute atomic E-state index is 12.1. The first-order chi connectivity index (χ1) is 11.0. The lowest BCUT2D eigenvalue weighted by molar-refractivity contribution is -0.129. The van der Waals surface area contributed by atoms with Crippen LogP contribution in [0.1, 0.15) is 24.2 Å². The summed E-state index contributed by atoms with van der Waals surface area (Å²) < 4.78 is 20.5. The molecule has 1 aromatic rings. The molecule has 0 saturated heterocycles. The second-order valence-electron chi connectivity index (χ2n) is 4.63. The van der Waals surface area contributed by atoms with Gasteiger partial charge in [-0.15, -0.1) is 0 Å². The van der Waals surface area contributed by atoms with E-state index in [2.05, 4.69) is 5.32 Å². The number of methoxy groups -OCH3 is 2. The van der Waals surface area contributed by atoms with Gasteiger partial charge in [0.1, 0.15) is 0 Å². The number of ether oxygens (including phenoxy) is 4. The number of hydrogen-bond donors (Lipinski definition) is 1. The van der Waals surface area contributed by atoms with Gasteiger partial charge in [0, 0.05) is 13.7 Å². The molecule has 23 heavy (non-hydrogen) atoms. The molecule has 1 amide bonds. The number of esters is 1. The third-order valence-electron chi connectivity index (χ3n) is 2.96. The van der Waals surface area contributed by atoms with Crippen LogP contribution in [0.4, 0.5) is 0 Å². The molecule has 0 heterocycles. The minimum absolute atomic E-state index is 0.283. The van der Waals surface area contributed by atoms with Crippen LogP contribution in [0.5, 0.6) is 11.5 Å². The van der Waals surface area contributed by atoms with Crippen molar-refractivity contribution in [3.8, 4) is 11.5 Å². The topological polar surface area (TPSA) is 83.1 Å². The Kier molecular flexibility index (Phi) is 7.90. The number of nitrogens with one attached hydrogen (secondary N) is 1. The molecule has 0 fully saturated rings. The maximum Gasteiger partial charge on any atom is 0.339 e. The highest BCUT2D eigenvalue weighted by Gasteiger charge is 2.19. The van der Waals surface area contributed by atoms with Crippen molar-refractivity contribution in [1.29, 1.82) is 0 Å². The molecule has 0 saturated carbocycles. The summed E-state index contributed by atoms with van der Waals surface area (Å²) in [4.78, 5) is 23.9. The Morgan fingerprint density at radius 1 is 1.22 bits per heavy atom. The number of benzene rings is 1. The van der Waals surface area contributed by atoms with Gasteiger partial charge in [0.15, 0.2) is 17.6 Å². The van der Waals surface area contributed by atoms with Gasteiger partial charge in [-0.3, -0.25) is 4.79 Å². The molecular weight excluding hydrogens is 302 g/mol. The molecule has 0 aliphatic carbocycles. The summed E-state index contributed by atoms with van der Waals surface area (Å²) in [5.41, 5.74) is 0.283. The first kappa shape index (κ1) is 18.8. The molecule has 0 aliphatic heterocycles. The molecule has 7 nitrogen and oxygen atoms in total. The molecule has 128 valence electrons. The van der Waals surface area contributed by atoms with Crippen molar-refractivity contribution in [3.05, 3.63) is 23.8 Å². The number of carbonyl (C=O) groups is 2. The van der Waals surface area contributed by atoms with Crippen molar-refractivity contribution >= 4 is 11.9 Å². The van der Waals surface area contributed by atoms with E-state index in [1.807, 2.05) is 6.92 Å². The normalized spacial score (nSPS) is 11.5. The number of hydrogen-bond acceptors (Lipinski definition) is 6. The minimum Gasteiger partial charge on any atom is -0.493 e. The van der Waals surface area contributed by atoms with Crippen molar-refractivity contribution in [1.82, 2.24) is 5.32 Å². The molecule has 1 aromatic carbocycles. The van der Waals surface area contributed by atoms with E-state index in [9.17, 15) is 9.59 Å². The van der Waals surface area contributed by atoms with E-state index in [0.717, 1.165) is 0 Å². The third-order valence-corrected chi connectivity index (χ3v) is 2.96. The summed E-state index contributed by atoms with van der Waals surface area (Å²) in [6, 6.07) is 4.70. The molecule has 0 radical (unpaired) electrons. The Bertz CT molecular complexity index is 531. The molecule has 0 bridgehead atoms. The van der Waals surface area contributed by atoms with Crippen LogP contribution in [0.25, 0.3) is 0 Å². The van der Waals surface area contributed by atoms with Crippen LogP contribution >= 0.6 is 0 Å². The molecule has 0 unspecified atom stereocenters. The summed E-state index contributed by atoms with van der Waals surface area (Å²) in [5, 5.41) is 2.60. The molecule has 0 aliphatic rings. The van der Waals surface area contributed by atoms with Gasteiger partial charge in [-0.2, -0.15) is 0 Å². The Morgan fingerprint density at radius 2 is 1.96 bits per heavy atom. The molecule has 0 spiro atoms. The van der Waals surface area contributed by atoms with Gasteiger partial charge in [-0.1, -0.05) is 0 Å². The molecule has 1 atom stereocenters. The van der Waals surface area contributed by atoms with Crippen molar-refractivity contribution in [3.63, 3.8) is 0 Å². The van der Waals surface area contributed by atoms with E-state index in [-0.39, 0.29) is 11.5 Å². The highest BCUT2D eigenvalue weighted by atomic mass is 16.5. The third kappa shape index (κ3) is 5.78. The summed E-state index contributed by atoms with van der Waals surface area (Å²) in [5.74, 6) is -0.0210. The van der Waals surface area contributed by atoms with Crippen LogP contribution < -0.4 is 14.8 Å². The summed E-state index contributed by atoms with van der Waals surface area (Å²) in [6.07, 6.45) is -0.906. The number of amides is 1. The maximum atomic E-state index is 12.1. The van der Waals surface area contributed by atoms with Crippen LogP contribution in [0.3, 0.4) is 0 Å². The van der Waals surface area contributed by atoms with Crippen molar-refractivity contribution < 1.29 is 28.5 Å².